The predicted molar refractivity (Wildman–Crippen MR) is 76.3 cm³/mol. The molecule has 0 aromatic heterocycles. The molecule has 1 aromatic carbocycles. The fourth-order valence-corrected chi connectivity index (χ4v) is 2.53. The van der Waals surface area contributed by atoms with Crippen LogP contribution in [0.3, 0.4) is 0 Å². The van der Waals surface area contributed by atoms with E-state index < -0.39 is 23.0 Å². The normalized spacial score (nSPS) is 14.4. The molecule has 3 amide bonds. The largest absolute Gasteiger partial charge is 0.478 e. The molecule has 1 aliphatic heterocycles. The Hall–Kier alpha value is -2.35. The van der Waals surface area contributed by atoms with Crippen molar-refractivity contribution < 1.29 is 24.3 Å². The van der Waals surface area contributed by atoms with Gasteiger partial charge in [0.1, 0.15) is 6.54 Å². The van der Waals surface area contributed by atoms with Crippen LogP contribution in [0.5, 0.6) is 0 Å². The topological polar surface area (TPSA) is 104 Å². The van der Waals surface area contributed by atoms with Crippen LogP contribution in [-0.2, 0) is 9.59 Å². The van der Waals surface area contributed by atoms with Gasteiger partial charge in [0.25, 0.3) is 5.24 Å². The molecule has 0 unspecified atom stereocenters. The number of carboxylic acid groups (broad SMARTS) is 1. The van der Waals surface area contributed by atoms with Gasteiger partial charge in [0.05, 0.1) is 11.3 Å². The Kier molecular flexibility index (Phi) is 4.27. The maximum absolute atomic E-state index is 11.8. The summed E-state index contributed by atoms with van der Waals surface area (Å²) in [6, 6.07) is 4.27. The standard InChI is InChI=1S/C13H12N2O5S/c1-7-4-8(12(18)19)2-3-9(7)14-10(16)5-15-11(17)6-21-13(15)20/h2-4H,5-6H2,1H3,(H,14,16)(H,18,19). The molecule has 1 fully saturated rings. The highest BCUT2D eigenvalue weighted by atomic mass is 32.2. The van der Waals surface area contributed by atoms with Crippen molar-refractivity contribution in [3.63, 3.8) is 0 Å². The Morgan fingerprint density at radius 3 is 2.62 bits per heavy atom. The molecule has 0 radical (unpaired) electrons. The molecule has 7 nitrogen and oxygen atoms in total. The zero-order valence-electron chi connectivity index (χ0n) is 11.1. The molecule has 0 aliphatic carbocycles. The van der Waals surface area contributed by atoms with Gasteiger partial charge in [-0.2, -0.15) is 0 Å². The van der Waals surface area contributed by atoms with Crippen LogP contribution < -0.4 is 5.32 Å². The minimum atomic E-state index is -1.05. The van der Waals surface area contributed by atoms with Crippen LogP contribution in [0, 0.1) is 6.92 Å². The van der Waals surface area contributed by atoms with Crippen molar-refractivity contribution in [1.29, 1.82) is 0 Å². The number of amides is 3. The Balaban J connectivity index is 2.04. The van der Waals surface area contributed by atoms with E-state index in [9.17, 15) is 19.2 Å². The molecule has 8 heteroatoms. The van der Waals surface area contributed by atoms with E-state index in [2.05, 4.69) is 5.32 Å². The van der Waals surface area contributed by atoms with Crippen molar-refractivity contribution >= 4 is 40.5 Å². The summed E-state index contributed by atoms with van der Waals surface area (Å²) in [6.45, 7) is 1.31. The second kappa shape index (κ2) is 5.96. The average molecular weight is 308 g/mol. The third-order valence-corrected chi connectivity index (χ3v) is 3.75. The Bertz CT molecular complexity index is 627. The van der Waals surface area contributed by atoms with Gasteiger partial charge < -0.3 is 10.4 Å². The second-order valence-corrected chi connectivity index (χ2v) is 5.34. The number of nitrogens with zero attached hydrogens (tertiary/aromatic N) is 1. The summed E-state index contributed by atoms with van der Waals surface area (Å²) in [5, 5.41) is 11.0. The fourth-order valence-electron chi connectivity index (χ4n) is 1.80. The number of carboxylic acids is 1. The van der Waals surface area contributed by atoms with E-state index in [1.54, 1.807) is 6.92 Å². The van der Waals surface area contributed by atoms with E-state index in [-0.39, 0.29) is 17.9 Å². The van der Waals surface area contributed by atoms with Gasteiger partial charge in [0, 0.05) is 5.69 Å². The van der Waals surface area contributed by atoms with Crippen molar-refractivity contribution in [3.05, 3.63) is 29.3 Å². The molecule has 0 atom stereocenters. The molecule has 21 heavy (non-hydrogen) atoms. The number of nitrogens with one attached hydrogen (secondary N) is 1. The number of aryl methyl sites for hydroxylation is 1. The van der Waals surface area contributed by atoms with Crippen LogP contribution in [0.25, 0.3) is 0 Å². The molecule has 1 aliphatic rings. The maximum atomic E-state index is 11.8. The van der Waals surface area contributed by atoms with Gasteiger partial charge in [-0.3, -0.25) is 19.3 Å². The van der Waals surface area contributed by atoms with Gasteiger partial charge in [-0.15, -0.1) is 0 Å². The molecule has 0 spiro atoms. The lowest BCUT2D eigenvalue weighted by atomic mass is 10.1. The summed E-state index contributed by atoms with van der Waals surface area (Å²) in [5.41, 5.74) is 1.14. The number of carbonyl (C=O) groups excluding carboxylic acids is 3. The van der Waals surface area contributed by atoms with Crippen LogP contribution in [0.1, 0.15) is 15.9 Å². The molecule has 2 rings (SSSR count). The summed E-state index contributed by atoms with van der Waals surface area (Å²) in [7, 11) is 0. The summed E-state index contributed by atoms with van der Waals surface area (Å²) < 4.78 is 0. The lowest BCUT2D eigenvalue weighted by Gasteiger charge is -2.14. The summed E-state index contributed by atoms with van der Waals surface area (Å²) in [6.07, 6.45) is 0. The Morgan fingerprint density at radius 2 is 2.10 bits per heavy atom. The smallest absolute Gasteiger partial charge is 0.335 e. The Labute approximate surface area is 124 Å². The quantitative estimate of drug-likeness (QED) is 0.869. The summed E-state index contributed by atoms with van der Waals surface area (Å²) in [4.78, 5) is 46.3. The molecule has 1 saturated heterocycles. The monoisotopic (exact) mass is 308 g/mol. The number of aromatic carboxylic acids is 1. The van der Waals surface area contributed by atoms with Crippen molar-refractivity contribution in [2.45, 2.75) is 6.92 Å². The molecule has 1 aromatic rings. The van der Waals surface area contributed by atoms with E-state index in [0.29, 0.717) is 11.3 Å². The van der Waals surface area contributed by atoms with Gasteiger partial charge in [-0.1, -0.05) is 11.8 Å². The first kappa shape index (κ1) is 15.0. The van der Waals surface area contributed by atoms with Crippen molar-refractivity contribution in [2.75, 3.05) is 17.6 Å². The summed E-state index contributed by atoms with van der Waals surface area (Å²) >= 11 is 0.862. The highest BCUT2D eigenvalue weighted by molar-refractivity contribution is 8.14. The number of imide groups is 1. The van der Waals surface area contributed by atoms with Crippen LogP contribution in [0.4, 0.5) is 10.5 Å². The number of hydrogen-bond donors (Lipinski definition) is 2. The maximum Gasteiger partial charge on any atom is 0.335 e. The van der Waals surface area contributed by atoms with Gasteiger partial charge >= 0.3 is 5.97 Å². The van der Waals surface area contributed by atoms with Crippen molar-refractivity contribution in [2.24, 2.45) is 0 Å². The lowest BCUT2D eigenvalue weighted by molar-refractivity contribution is -0.128. The van der Waals surface area contributed by atoms with Gasteiger partial charge in [0.2, 0.25) is 11.8 Å². The molecule has 0 bridgehead atoms. The second-order valence-electron chi connectivity index (χ2n) is 4.42. The van der Waals surface area contributed by atoms with E-state index in [0.717, 1.165) is 16.7 Å². The minimum Gasteiger partial charge on any atom is -0.478 e. The Morgan fingerprint density at radius 1 is 1.38 bits per heavy atom. The van der Waals surface area contributed by atoms with Crippen LogP contribution in [0.15, 0.2) is 18.2 Å². The number of hydrogen-bond acceptors (Lipinski definition) is 5. The third-order valence-electron chi connectivity index (χ3n) is 2.89. The number of rotatable bonds is 4. The first-order valence-corrected chi connectivity index (χ1v) is 6.98. The lowest BCUT2D eigenvalue weighted by Crippen LogP contribution is -2.36. The number of carbonyl (C=O) groups is 4. The van der Waals surface area contributed by atoms with E-state index in [1.165, 1.54) is 18.2 Å². The molecular formula is C13H12N2O5S. The highest BCUT2D eigenvalue weighted by Crippen LogP contribution is 2.20. The van der Waals surface area contributed by atoms with Crippen LogP contribution in [-0.4, -0.2) is 45.3 Å². The van der Waals surface area contributed by atoms with Crippen molar-refractivity contribution in [3.8, 4) is 0 Å². The van der Waals surface area contributed by atoms with E-state index >= 15 is 0 Å². The summed E-state index contributed by atoms with van der Waals surface area (Å²) in [5.74, 6) is -1.90. The predicted octanol–water partition coefficient (Wildman–Crippen LogP) is 1.33. The van der Waals surface area contributed by atoms with E-state index in [1.807, 2.05) is 0 Å². The molecule has 110 valence electrons. The molecular weight excluding hydrogens is 296 g/mol. The van der Waals surface area contributed by atoms with Crippen LogP contribution >= 0.6 is 11.8 Å². The van der Waals surface area contributed by atoms with E-state index in [4.69, 9.17) is 5.11 Å². The van der Waals surface area contributed by atoms with Crippen molar-refractivity contribution in [1.82, 2.24) is 4.90 Å². The number of thioether (sulfide) groups is 1. The minimum absolute atomic E-state index is 0.0540. The molecule has 2 N–H and O–H groups in total. The third kappa shape index (κ3) is 3.40. The molecule has 1 heterocycles. The van der Waals surface area contributed by atoms with Gasteiger partial charge in [0.15, 0.2) is 0 Å². The van der Waals surface area contributed by atoms with Gasteiger partial charge in [-0.05, 0) is 30.7 Å². The zero-order chi connectivity index (χ0) is 15.6. The average Bonchev–Trinajstić information content (AvgIpc) is 2.72. The van der Waals surface area contributed by atoms with Crippen LogP contribution in [0.2, 0.25) is 0 Å². The first-order chi connectivity index (χ1) is 9.88. The first-order valence-electron chi connectivity index (χ1n) is 5.99. The highest BCUT2D eigenvalue weighted by Gasteiger charge is 2.31. The number of benzene rings is 1. The van der Waals surface area contributed by atoms with Gasteiger partial charge in [-0.25, -0.2) is 4.79 Å². The molecule has 0 saturated carbocycles. The fraction of sp³-hybridized carbons (Fsp3) is 0.231. The number of anilines is 1. The zero-order valence-corrected chi connectivity index (χ0v) is 11.9. The SMILES string of the molecule is Cc1cc(C(=O)O)ccc1NC(=O)CN1C(=O)CSC1=O.